The van der Waals surface area contributed by atoms with Crippen molar-refractivity contribution in [2.75, 3.05) is 6.61 Å². The first-order chi connectivity index (χ1) is 14.5. The second-order valence-corrected chi connectivity index (χ2v) is 7.63. The van der Waals surface area contributed by atoms with Gasteiger partial charge in [0.1, 0.15) is 5.75 Å². The molecular formula is C21H18N4O4S. The van der Waals surface area contributed by atoms with Gasteiger partial charge in [0.15, 0.2) is 5.82 Å². The van der Waals surface area contributed by atoms with Crippen LogP contribution in [0.15, 0.2) is 53.3 Å². The van der Waals surface area contributed by atoms with Crippen LogP contribution in [0.3, 0.4) is 0 Å². The monoisotopic (exact) mass is 422 g/mol. The predicted octanol–water partition coefficient (Wildman–Crippen LogP) is 3.45. The largest absolute Gasteiger partial charge is 0.494 e. The van der Waals surface area contributed by atoms with Gasteiger partial charge in [-0.2, -0.15) is 9.50 Å². The minimum atomic E-state index is -0.468. The van der Waals surface area contributed by atoms with Crippen molar-refractivity contribution in [1.29, 1.82) is 0 Å². The zero-order chi connectivity index (χ0) is 21.1. The van der Waals surface area contributed by atoms with E-state index >= 15 is 0 Å². The highest BCUT2D eigenvalue weighted by atomic mass is 32.1. The number of nitro benzene ring substituents is 1. The van der Waals surface area contributed by atoms with E-state index in [1.165, 1.54) is 28.0 Å². The molecule has 2 aromatic carbocycles. The Bertz CT molecular complexity index is 1310. The summed E-state index contributed by atoms with van der Waals surface area (Å²) in [5, 5.41) is 15.3. The van der Waals surface area contributed by atoms with Gasteiger partial charge in [-0.15, -0.1) is 5.10 Å². The molecule has 0 amide bonds. The fourth-order valence-corrected chi connectivity index (χ4v) is 3.78. The average Bonchev–Trinajstić information content (AvgIpc) is 3.28. The Kier molecular flexibility index (Phi) is 5.53. The fraction of sp³-hybridized carbons (Fsp3) is 0.190. The maximum atomic E-state index is 12.7. The van der Waals surface area contributed by atoms with Crippen molar-refractivity contribution in [3.05, 3.63) is 79.1 Å². The van der Waals surface area contributed by atoms with Crippen molar-refractivity contribution in [2.45, 2.75) is 19.8 Å². The number of thiazole rings is 1. The Morgan fingerprint density at radius 2 is 2.03 bits per heavy atom. The van der Waals surface area contributed by atoms with Crippen molar-refractivity contribution in [2.24, 2.45) is 0 Å². The molecule has 2 aromatic heterocycles. The lowest BCUT2D eigenvalue weighted by Gasteiger charge is -2.05. The van der Waals surface area contributed by atoms with Gasteiger partial charge in [0, 0.05) is 17.7 Å². The number of benzene rings is 2. The van der Waals surface area contributed by atoms with Crippen LogP contribution in [-0.2, 0) is 0 Å². The molecule has 152 valence electrons. The topological polar surface area (TPSA) is 99.6 Å². The Labute approximate surface area is 175 Å². The molecule has 9 heteroatoms. The van der Waals surface area contributed by atoms with Crippen molar-refractivity contribution in [1.82, 2.24) is 14.6 Å². The summed E-state index contributed by atoms with van der Waals surface area (Å²) in [5.74, 6) is 1.24. The second-order valence-electron chi connectivity index (χ2n) is 6.62. The summed E-state index contributed by atoms with van der Waals surface area (Å²) in [6.45, 7) is 2.79. The van der Waals surface area contributed by atoms with Crippen LogP contribution in [0.4, 0.5) is 5.69 Å². The van der Waals surface area contributed by atoms with Crippen molar-refractivity contribution >= 4 is 28.1 Å². The zero-order valence-corrected chi connectivity index (χ0v) is 17.0. The molecule has 0 spiro atoms. The van der Waals surface area contributed by atoms with Crippen LogP contribution in [-0.4, -0.2) is 26.1 Å². The van der Waals surface area contributed by atoms with E-state index in [0.29, 0.717) is 27.5 Å². The molecule has 8 nitrogen and oxygen atoms in total. The highest BCUT2D eigenvalue weighted by Crippen LogP contribution is 2.21. The molecule has 0 fully saturated rings. The van der Waals surface area contributed by atoms with Crippen LogP contribution in [0, 0.1) is 10.1 Å². The van der Waals surface area contributed by atoms with E-state index in [-0.39, 0.29) is 11.2 Å². The molecule has 0 unspecified atom stereocenters. The first-order valence-corrected chi connectivity index (χ1v) is 10.3. The molecule has 0 aliphatic heterocycles. The summed E-state index contributed by atoms with van der Waals surface area (Å²) in [7, 11) is 0. The third-order valence-electron chi connectivity index (χ3n) is 4.44. The number of rotatable bonds is 7. The number of fused-ring (bicyclic) bond motifs is 1. The van der Waals surface area contributed by atoms with E-state index in [9.17, 15) is 14.9 Å². The molecular weight excluding hydrogens is 404 g/mol. The standard InChI is InChI=1S/C21H18N4O4S/c1-2-3-11-29-17-9-7-15(8-10-17)19-22-21-24(23-19)20(26)18(30-21)13-14-5-4-6-16(12-14)25(27)28/h4-10,12-13H,2-3,11H2,1H3/b18-13-. The quantitative estimate of drug-likeness (QED) is 0.257. The van der Waals surface area contributed by atoms with E-state index < -0.39 is 4.92 Å². The molecule has 0 N–H and O–H groups in total. The van der Waals surface area contributed by atoms with Crippen LogP contribution >= 0.6 is 11.3 Å². The van der Waals surface area contributed by atoms with Gasteiger partial charge in [0.05, 0.1) is 16.1 Å². The average molecular weight is 422 g/mol. The number of nitro groups is 1. The molecule has 0 radical (unpaired) electrons. The Morgan fingerprint density at radius 3 is 2.73 bits per heavy atom. The third kappa shape index (κ3) is 4.06. The number of non-ortho nitro benzene ring substituents is 1. The molecule has 0 saturated heterocycles. The van der Waals surface area contributed by atoms with Crippen LogP contribution < -0.4 is 14.8 Å². The minimum Gasteiger partial charge on any atom is -0.494 e. The number of nitrogens with zero attached hydrogens (tertiary/aromatic N) is 4. The maximum Gasteiger partial charge on any atom is 0.291 e. The van der Waals surface area contributed by atoms with Crippen LogP contribution in [0.1, 0.15) is 25.3 Å². The smallest absolute Gasteiger partial charge is 0.291 e. The number of ether oxygens (including phenoxy) is 1. The van der Waals surface area contributed by atoms with Gasteiger partial charge in [-0.25, -0.2) is 0 Å². The first kappa shape index (κ1) is 19.7. The fourth-order valence-electron chi connectivity index (χ4n) is 2.87. The summed E-state index contributed by atoms with van der Waals surface area (Å²) in [4.78, 5) is 28.1. The van der Waals surface area contributed by atoms with E-state index in [0.717, 1.165) is 24.2 Å². The van der Waals surface area contributed by atoms with Gasteiger partial charge in [0.2, 0.25) is 4.96 Å². The van der Waals surface area contributed by atoms with Gasteiger partial charge < -0.3 is 4.74 Å². The first-order valence-electron chi connectivity index (χ1n) is 9.44. The zero-order valence-electron chi connectivity index (χ0n) is 16.1. The van der Waals surface area contributed by atoms with Crippen LogP contribution in [0.2, 0.25) is 0 Å². The normalized spacial score (nSPS) is 11.8. The molecule has 30 heavy (non-hydrogen) atoms. The number of aromatic nitrogens is 3. The van der Waals surface area contributed by atoms with Crippen molar-refractivity contribution in [3.8, 4) is 17.1 Å². The maximum absolute atomic E-state index is 12.7. The van der Waals surface area contributed by atoms with Crippen LogP contribution in [0.25, 0.3) is 22.4 Å². The van der Waals surface area contributed by atoms with Crippen molar-refractivity contribution < 1.29 is 9.66 Å². The summed E-state index contributed by atoms with van der Waals surface area (Å²) >= 11 is 1.19. The minimum absolute atomic E-state index is 0.0277. The van der Waals surface area contributed by atoms with Gasteiger partial charge in [-0.3, -0.25) is 14.9 Å². The summed E-state index contributed by atoms with van der Waals surface area (Å²) in [6.07, 6.45) is 3.69. The van der Waals surface area contributed by atoms with Crippen LogP contribution in [0.5, 0.6) is 5.75 Å². The highest BCUT2D eigenvalue weighted by Gasteiger charge is 2.12. The lowest BCUT2D eigenvalue weighted by atomic mass is 10.2. The molecule has 2 heterocycles. The number of unbranched alkanes of at least 4 members (excludes halogenated alkanes) is 1. The Hall–Kier alpha value is -3.59. The molecule has 4 aromatic rings. The SMILES string of the molecule is CCCCOc1ccc(-c2nc3s/c(=C\c4cccc([N+](=O)[O-])c4)c(=O)n3n2)cc1. The van der Waals surface area contributed by atoms with Gasteiger partial charge in [-0.05, 0) is 42.3 Å². The molecule has 0 bridgehead atoms. The van der Waals surface area contributed by atoms with Gasteiger partial charge in [-0.1, -0.05) is 36.8 Å². The predicted molar refractivity (Wildman–Crippen MR) is 115 cm³/mol. The third-order valence-corrected chi connectivity index (χ3v) is 5.40. The Balaban J connectivity index is 1.62. The van der Waals surface area contributed by atoms with Gasteiger partial charge >= 0.3 is 0 Å². The summed E-state index contributed by atoms with van der Waals surface area (Å²) < 4.78 is 7.33. The van der Waals surface area contributed by atoms with Crippen molar-refractivity contribution in [3.63, 3.8) is 0 Å². The number of hydrogen-bond donors (Lipinski definition) is 0. The van der Waals surface area contributed by atoms with E-state index in [2.05, 4.69) is 17.0 Å². The van der Waals surface area contributed by atoms with Gasteiger partial charge in [0.25, 0.3) is 11.2 Å². The lowest BCUT2D eigenvalue weighted by molar-refractivity contribution is -0.384. The van der Waals surface area contributed by atoms with E-state index in [1.54, 1.807) is 18.2 Å². The molecule has 0 saturated carbocycles. The van der Waals surface area contributed by atoms with E-state index in [1.807, 2.05) is 24.3 Å². The highest BCUT2D eigenvalue weighted by molar-refractivity contribution is 7.15. The molecule has 0 atom stereocenters. The second kappa shape index (κ2) is 8.42. The molecule has 0 aliphatic rings. The summed E-state index contributed by atoms with van der Waals surface area (Å²) in [6, 6.07) is 13.6. The lowest BCUT2D eigenvalue weighted by Crippen LogP contribution is -2.23. The molecule has 4 rings (SSSR count). The summed E-state index contributed by atoms with van der Waals surface area (Å²) in [5.41, 5.74) is 1.03. The molecule has 0 aliphatic carbocycles. The number of hydrogen-bond acceptors (Lipinski definition) is 7. The van der Waals surface area contributed by atoms with E-state index in [4.69, 9.17) is 4.74 Å². The Morgan fingerprint density at radius 1 is 1.23 bits per heavy atom.